The summed E-state index contributed by atoms with van der Waals surface area (Å²) in [7, 11) is -3.29. The van der Waals surface area contributed by atoms with Crippen molar-refractivity contribution in [1.29, 1.82) is 0 Å². The van der Waals surface area contributed by atoms with Crippen LogP contribution in [0, 0.1) is 0 Å². The fourth-order valence-electron chi connectivity index (χ4n) is 0.926. The van der Waals surface area contributed by atoms with Crippen LogP contribution in [0.1, 0.15) is 0 Å². The van der Waals surface area contributed by atoms with E-state index in [-0.39, 0.29) is 22.7 Å². The van der Waals surface area contributed by atoms with Crippen molar-refractivity contribution >= 4 is 22.6 Å². The Kier molecular flexibility index (Phi) is 5.43. The van der Waals surface area contributed by atoms with Crippen LogP contribution in [0.5, 0.6) is 0 Å². The number of hydrogen-bond acceptors (Lipinski definition) is 2. The third-order valence-electron chi connectivity index (χ3n) is 1.56. The maximum atomic E-state index is 11.4. The van der Waals surface area contributed by atoms with Gasteiger partial charge in [0.15, 0.2) is 0 Å². The van der Waals surface area contributed by atoms with Gasteiger partial charge < -0.3 is 10.00 Å². The molecule has 0 radical (unpaired) electrons. The van der Waals surface area contributed by atoms with Crippen LogP contribution in [-0.4, -0.2) is 22.8 Å². The van der Waals surface area contributed by atoms with Crippen LogP contribution in [0.3, 0.4) is 0 Å². The smallest absolute Gasteiger partial charge is 0.231 e. The molecule has 0 aromatic heterocycles. The number of benzene rings is 1. The molecule has 13 heavy (non-hydrogen) atoms. The zero-order chi connectivity index (χ0) is 9.03. The van der Waals surface area contributed by atoms with Gasteiger partial charge in [-0.2, -0.15) is 9.90 Å². The predicted octanol–water partition coefficient (Wildman–Crippen LogP) is 0.633. The first-order valence-electron chi connectivity index (χ1n) is 3.65. The molecule has 1 aromatic rings. The van der Waals surface area contributed by atoms with E-state index in [2.05, 4.69) is 0 Å². The van der Waals surface area contributed by atoms with Crippen molar-refractivity contribution in [2.24, 2.45) is 0 Å². The molecule has 2 atom stereocenters. The van der Waals surface area contributed by atoms with E-state index < -0.39 is 7.37 Å². The zero-order valence-electron chi connectivity index (χ0n) is 7.26. The molecule has 0 heterocycles. The lowest BCUT2D eigenvalue weighted by molar-refractivity contribution is 0.315. The topological polar surface area (TPSA) is 57.5 Å². The average molecular weight is 220 g/mol. The molecule has 0 aliphatic rings. The molecule has 0 bridgehead atoms. The van der Waals surface area contributed by atoms with E-state index in [9.17, 15) is 9.46 Å². The standard InChI is InChI=1S/C8H11O3P.H3P/c9-6-7-12(10,11)8-4-2-1-3-5-8;/h1-5,9H,6-7H2,(H,10,11);1H3. The fourth-order valence-corrected chi connectivity index (χ4v) is 2.09. The largest absolute Gasteiger partial charge is 0.396 e. The van der Waals surface area contributed by atoms with Crippen LogP contribution in [0.25, 0.3) is 0 Å². The van der Waals surface area contributed by atoms with Crippen molar-refractivity contribution in [2.45, 2.75) is 0 Å². The van der Waals surface area contributed by atoms with Gasteiger partial charge in [0.1, 0.15) is 0 Å². The number of hydrogen-bond donors (Lipinski definition) is 2. The predicted molar refractivity (Wildman–Crippen MR) is 59.0 cm³/mol. The van der Waals surface area contributed by atoms with E-state index in [0.717, 1.165) is 0 Å². The molecule has 5 heteroatoms. The van der Waals surface area contributed by atoms with E-state index in [1.807, 2.05) is 0 Å². The van der Waals surface area contributed by atoms with Crippen LogP contribution in [0.4, 0.5) is 0 Å². The first kappa shape index (κ1) is 12.8. The average Bonchev–Trinajstić information content (AvgIpc) is 2.06. The summed E-state index contributed by atoms with van der Waals surface area (Å²) in [6.45, 7) is -0.261. The van der Waals surface area contributed by atoms with Crippen LogP contribution >= 0.6 is 17.3 Å². The first-order valence-corrected chi connectivity index (χ1v) is 5.49. The Morgan fingerprint density at radius 3 is 2.23 bits per heavy atom. The lowest BCUT2D eigenvalue weighted by Gasteiger charge is -2.08. The monoisotopic (exact) mass is 220 g/mol. The molecule has 0 fully saturated rings. The van der Waals surface area contributed by atoms with Gasteiger partial charge in [-0.05, 0) is 12.1 Å². The van der Waals surface area contributed by atoms with Gasteiger partial charge in [0.05, 0.1) is 12.8 Å². The molecule has 74 valence electrons. The van der Waals surface area contributed by atoms with Gasteiger partial charge in [-0.3, -0.25) is 4.57 Å². The summed E-state index contributed by atoms with van der Waals surface area (Å²) in [5.41, 5.74) is 0. The molecule has 1 aromatic carbocycles. The minimum Gasteiger partial charge on any atom is -0.396 e. The number of aliphatic hydroxyl groups is 1. The molecule has 0 aliphatic carbocycles. The summed E-state index contributed by atoms with van der Waals surface area (Å²) < 4.78 is 11.4. The minimum absolute atomic E-state index is 0. The van der Waals surface area contributed by atoms with E-state index in [0.29, 0.717) is 5.30 Å². The Balaban J connectivity index is 0.00000144. The second-order valence-electron chi connectivity index (χ2n) is 2.48. The highest BCUT2D eigenvalue weighted by Gasteiger charge is 2.19. The van der Waals surface area contributed by atoms with Gasteiger partial charge in [0.2, 0.25) is 7.37 Å². The molecule has 0 spiro atoms. The maximum absolute atomic E-state index is 11.4. The molecule has 0 amide bonds. The summed E-state index contributed by atoms with van der Waals surface area (Å²) in [6.07, 6.45) is -0.0724. The molecule has 2 N–H and O–H groups in total. The van der Waals surface area contributed by atoms with Gasteiger partial charge in [-0.15, -0.1) is 0 Å². The number of aliphatic hydroxyl groups excluding tert-OH is 1. The van der Waals surface area contributed by atoms with Gasteiger partial charge in [0.25, 0.3) is 0 Å². The fraction of sp³-hybridized carbons (Fsp3) is 0.250. The third kappa shape index (κ3) is 3.58. The zero-order valence-corrected chi connectivity index (χ0v) is 9.57. The molecule has 0 saturated carbocycles. The first-order chi connectivity index (χ1) is 5.67. The normalized spacial score (nSPS) is 14.3. The summed E-state index contributed by atoms with van der Waals surface area (Å²) in [4.78, 5) is 9.38. The van der Waals surface area contributed by atoms with Gasteiger partial charge >= 0.3 is 0 Å². The van der Waals surface area contributed by atoms with Crippen molar-refractivity contribution < 1.29 is 14.6 Å². The summed E-state index contributed by atoms with van der Waals surface area (Å²) in [5.74, 6) is 0. The van der Waals surface area contributed by atoms with Crippen molar-refractivity contribution in [3.63, 3.8) is 0 Å². The summed E-state index contributed by atoms with van der Waals surface area (Å²) >= 11 is 0. The highest BCUT2D eigenvalue weighted by atomic mass is 31.2. The Labute approximate surface area is 80.9 Å². The number of rotatable bonds is 3. The van der Waals surface area contributed by atoms with E-state index >= 15 is 0 Å². The SMILES string of the molecule is O=P(O)(CCO)c1ccccc1.P. The summed E-state index contributed by atoms with van der Waals surface area (Å²) in [6, 6.07) is 8.38. The van der Waals surface area contributed by atoms with Crippen LogP contribution in [0.15, 0.2) is 30.3 Å². The Morgan fingerprint density at radius 1 is 1.23 bits per heavy atom. The second-order valence-corrected chi connectivity index (χ2v) is 4.85. The molecular formula is C8H14O3P2. The lowest BCUT2D eigenvalue weighted by atomic mass is 10.4. The minimum atomic E-state index is -3.29. The van der Waals surface area contributed by atoms with E-state index in [1.54, 1.807) is 30.3 Å². The van der Waals surface area contributed by atoms with Gasteiger partial charge in [0, 0.05) is 5.30 Å². The van der Waals surface area contributed by atoms with Crippen LogP contribution in [0.2, 0.25) is 0 Å². The van der Waals surface area contributed by atoms with Crippen LogP contribution in [-0.2, 0) is 4.57 Å². The van der Waals surface area contributed by atoms with Crippen molar-refractivity contribution in [3.8, 4) is 0 Å². The van der Waals surface area contributed by atoms with Gasteiger partial charge in [-0.25, -0.2) is 0 Å². The van der Waals surface area contributed by atoms with E-state index in [1.165, 1.54) is 0 Å². The van der Waals surface area contributed by atoms with Crippen molar-refractivity contribution in [1.82, 2.24) is 0 Å². The third-order valence-corrected chi connectivity index (χ3v) is 3.47. The van der Waals surface area contributed by atoms with Crippen molar-refractivity contribution in [3.05, 3.63) is 30.3 Å². The van der Waals surface area contributed by atoms with E-state index in [4.69, 9.17) is 5.11 Å². The Morgan fingerprint density at radius 2 is 1.77 bits per heavy atom. The molecular weight excluding hydrogens is 206 g/mol. The molecule has 0 saturated heterocycles. The quantitative estimate of drug-likeness (QED) is 0.734. The second kappa shape index (κ2) is 5.51. The molecule has 0 aliphatic heterocycles. The Bertz CT molecular complexity index is 287. The highest BCUT2D eigenvalue weighted by molar-refractivity contribution is 7.66. The maximum Gasteiger partial charge on any atom is 0.231 e. The molecule has 2 unspecified atom stereocenters. The Hall–Kier alpha value is -0.200. The lowest BCUT2D eigenvalue weighted by Crippen LogP contribution is -2.08. The van der Waals surface area contributed by atoms with Gasteiger partial charge in [-0.1, -0.05) is 18.2 Å². The highest BCUT2D eigenvalue weighted by Crippen LogP contribution is 2.37. The van der Waals surface area contributed by atoms with Crippen molar-refractivity contribution in [2.75, 3.05) is 12.8 Å². The molecule has 3 nitrogen and oxygen atoms in total. The summed E-state index contributed by atoms with van der Waals surface area (Å²) in [5, 5.41) is 8.93. The van der Waals surface area contributed by atoms with Crippen LogP contribution < -0.4 is 5.30 Å². The molecule has 1 rings (SSSR count).